The predicted molar refractivity (Wildman–Crippen MR) is 157 cm³/mol. The van der Waals surface area contributed by atoms with Crippen LogP contribution in [-0.4, -0.2) is 19.5 Å². The van der Waals surface area contributed by atoms with E-state index in [1.165, 1.54) is 0 Å². The molecule has 0 atom stereocenters. The van der Waals surface area contributed by atoms with E-state index >= 15 is 0 Å². The Morgan fingerprint density at radius 1 is 0.525 bits per heavy atom. The molecule has 3 heterocycles. The number of aromatic nitrogens is 4. The minimum absolute atomic E-state index is 0. The molecule has 0 spiro atoms. The maximum absolute atomic E-state index is 4.95. The van der Waals surface area contributed by atoms with Crippen LogP contribution in [0.1, 0.15) is 0 Å². The molecule has 0 N–H and O–H groups in total. The Morgan fingerprint density at radius 3 is 1.82 bits per heavy atom. The molecular weight excluding hydrogens is 669 g/mol. The normalized spacial score (nSPS) is 10.3. The molecule has 0 aliphatic heterocycles. The zero-order valence-corrected chi connectivity index (χ0v) is 23.9. The first-order valence-electron chi connectivity index (χ1n) is 12.7. The summed E-state index contributed by atoms with van der Waals surface area (Å²) < 4.78 is 2.10. The van der Waals surface area contributed by atoms with Crippen molar-refractivity contribution in [2.45, 2.75) is 0 Å². The van der Waals surface area contributed by atoms with E-state index in [2.05, 4.69) is 45.9 Å². The van der Waals surface area contributed by atoms with Gasteiger partial charge in [0.2, 0.25) is 0 Å². The fourth-order valence-corrected chi connectivity index (χ4v) is 4.34. The van der Waals surface area contributed by atoms with Crippen LogP contribution in [0.5, 0.6) is 0 Å². The van der Waals surface area contributed by atoms with Crippen LogP contribution in [0.3, 0.4) is 0 Å². The Morgan fingerprint density at radius 2 is 1.18 bits per heavy atom. The molecule has 0 saturated carbocycles. The van der Waals surface area contributed by atoms with E-state index in [1.807, 2.05) is 115 Å². The number of pyridine rings is 2. The average Bonchev–Trinajstić information content (AvgIpc) is 3.42. The first kappa shape index (κ1) is 26.9. The number of imidazole rings is 1. The Hall–Kier alpha value is -4.70. The van der Waals surface area contributed by atoms with Crippen molar-refractivity contribution in [1.82, 2.24) is 19.5 Å². The molecule has 0 aliphatic carbocycles. The minimum atomic E-state index is 0. The smallest absolute Gasteiger partial charge is 0.156 e. The second-order valence-corrected chi connectivity index (χ2v) is 8.78. The molecule has 5 heteroatoms. The van der Waals surface area contributed by atoms with Crippen molar-refractivity contribution in [1.29, 1.82) is 0 Å². The number of nitrogens with zero attached hydrogens (tertiary/aromatic N) is 4. The molecular formula is C35H24IrN4-2. The summed E-state index contributed by atoms with van der Waals surface area (Å²) in [5, 5.41) is 0. The fourth-order valence-electron chi connectivity index (χ4n) is 4.34. The van der Waals surface area contributed by atoms with Gasteiger partial charge >= 0.3 is 0 Å². The Labute approximate surface area is 247 Å². The number of para-hydroxylation sites is 1. The number of hydrogen-bond acceptors (Lipinski definition) is 3. The molecule has 7 rings (SSSR count). The minimum Gasteiger partial charge on any atom is -0.318 e. The summed E-state index contributed by atoms with van der Waals surface area (Å²) >= 11 is 0. The van der Waals surface area contributed by atoms with Crippen molar-refractivity contribution in [2.24, 2.45) is 0 Å². The van der Waals surface area contributed by atoms with E-state index in [9.17, 15) is 0 Å². The average molecular weight is 693 g/mol. The van der Waals surface area contributed by atoms with Crippen LogP contribution in [-0.2, 0) is 20.1 Å². The number of benzene rings is 4. The molecule has 195 valence electrons. The van der Waals surface area contributed by atoms with Crippen LogP contribution in [0.4, 0.5) is 0 Å². The molecule has 0 amide bonds. The molecule has 0 aliphatic rings. The summed E-state index contributed by atoms with van der Waals surface area (Å²) in [5.41, 5.74) is 7.72. The van der Waals surface area contributed by atoms with Crippen molar-refractivity contribution >= 4 is 11.2 Å². The van der Waals surface area contributed by atoms with Crippen LogP contribution in [0.2, 0.25) is 0 Å². The van der Waals surface area contributed by atoms with Crippen LogP contribution in [0.15, 0.2) is 146 Å². The Kier molecular flexibility index (Phi) is 8.67. The standard InChI is InChI=1S/C24H16N3.C11H8N.Ir/c1-4-10-18(11-5-1)21-16-17-22-24(25-21)27(20-14-8-3-9-15-20)23(26-22)19-12-6-2-7-13-19;1-2-6-10(7-3-1)11-8-4-5-9-12-11;/h1-12,14-17H;1-6,8-9H;/q2*-1;. The quantitative estimate of drug-likeness (QED) is 0.175. The fraction of sp³-hybridized carbons (Fsp3) is 0. The Balaban J connectivity index is 0.000000209. The number of hydrogen-bond donors (Lipinski definition) is 0. The summed E-state index contributed by atoms with van der Waals surface area (Å²) in [6, 6.07) is 52.5. The molecule has 3 aromatic heterocycles. The summed E-state index contributed by atoms with van der Waals surface area (Å²) in [7, 11) is 0. The monoisotopic (exact) mass is 693 g/mol. The zero-order valence-electron chi connectivity index (χ0n) is 21.5. The van der Waals surface area contributed by atoms with E-state index in [0.717, 1.165) is 50.8 Å². The third-order valence-electron chi connectivity index (χ3n) is 6.19. The summed E-state index contributed by atoms with van der Waals surface area (Å²) in [4.78, 5) is 14.0. The first-order valence-corrected chi connectivity index (χ1v) is 12.7. The van der Waals surface area contributed by atoms with E-state index in [0.29, 0.717) is 0 Å². The summed E-state index contributed by atoms with van der Waals surface area (Å²) in [5.74, 6) is 0.842. The van der Waals surface area contributed by atoms with Crippen LogP contribution in [0.25, 0.3) is 50.8 Å². The molecule has 0 saturated heterocycles. The number of rotatable bonds is 4. The predicted octanol–water partition coefficient (Wildman–Crippen LogP) is 8.10. The van der Waals surface area contributed by atoms with Gasteiger partial charge in [0.1, 0.15) is 0 Å². The molecule has 4 nitrogen and oxygen atoms in total. The largest absolute Gasteiger partial charge is 0.318 e. The molecule has 4 aromatic carbocycles. The van der Waals surface area contributed by atoms with Crippen LogP contribution in [0, 0.1) is 12.1 Å². The Bertz CT molecular complexity index is 1730. The van der Waals surface area contributed by atoms with Gasteiger partial charge in [0, 0.05) is 37.6 Å². The van der Waals surface area contributed by atoms with E-state index < -0.39 is 0 Å². The summed E-state index contributed by atoms with van der Waals surface area (Å²) in [6.07, 6.45) is 1.79. The van der Waals surface area contributed by atoms with Crippen molar-refractivity contribution in [3.05, 3.63) is 158 Å². The number of fused-ring (bicyclic) bond motifs is 1. The molecule has 40 heavy (non-hydrogen) atoms. The van der Waals surface area contributed by atoms with E-state index in [4.69, 9.17) is 9.97 Å². The molecule has 0 fully saturated rings. The van der Waals surface area contributed by atoms with E-state index in [1.54, 1.807) is 6.20 Å². The topological polar surface area (TPSA) is 43.6 Å². The third kappa shape index (κ3) is 5.97. The second kappa shape index (κ2) is 12.9. The van der Waals surface area contributed by atoms with Crippen molar-refractivity contribution in [3.63, 3.8) is 0 Å². The van der Waals surface area contributed by atoms with Gasteiger partial charge < -0.3 is 9.55 Å². The SMILES string of the molecule is [Ir].[c-]1ccccc1-c1ccccn1.[c-]1ccccc1-c1nc2ccc(-c3ccccc3)nc2n1-c1ccccc1. The summed E-state index contributed by atoms with van der Waals surface area (Å²) in [6.45, 7) is 0. The zero-order chi connectivity index (χ0) is 26.3. The third-order valence-corrected chi connectivity index (χ3v) is 6.19. The van der Waals surface area contributed by atoms with Gasteiger partial charge in [-0.05, 0) is 36.0 Å². The molecule has 1 radical (unpaired) electrons. The molecule has 7 aromatic rings. The first-order chi connectivity index (χ1) is 19.4. The second-order valence-electron chi connectivity index (χ2n) is 8.78. The van der Waals surface area contributed by atoms with Gasteiger partial charge in [-0.2, -0.15) is 0 Å². The van der Waals surface area contributed by atoms with Gasteiger partial charge in [-0.15, -0.1) is 71.8 Å². The van der Waals surface area contributed by atoms with Gasteiger partial charge in [-0.25, -0.2) is 4.98 Å². The molecule has 0 unspecified atom stereocenters. The van der Waals surface area contributed by atoms with Gasteiger partial charge in [-0.3, -0.25) is 4.98 Å². The van der Waals surface area contributed by atoms with Crippen molar-refractivity contribution < 1.29 is 20.1 Å². The van der Waals surface area contributed by atoms with Crippen LogP contribution < -0.4 is 0 Å². The van der Waals surface area contributed by atoms with Gasteiger partial charge in [0.25, 0.3) is 0 Å². The van der Waals surface area contributed by atoms with Crippen molar-refractivity contribution in [2.75, 3.05) is 0 Å². The van der Waals surface area contributed by atoms with Crippen molar-refractivity contribution in [3.8, 4) is 39.6 Å². The van der Waals surface area contributed by atoms with Gasteiger partial charge in [0.05, 0.1) is 17.0 Å². The molecule has 0 bridgehead atoms. The maximum Gasteiger partial charge on any atom is 0.156 e. The maximum atomic E-state index is 4.95. The van der Waals surface area contributed by atoms with Gasteiger partial charge in [-0.1, -0.05) is 60.7 Å². The van der Waals surface area contributed by atoms with Gasteiger partial charge in [0.15, 0.2) is 5.65 Å². The van der Waals surface area contributed by atoms with Crippen LogP contribution >= 0.6 is 0 Å². The van der Waals surface area contributed by atoms with E-state index in [-0.39, 0.29) is 20.1 Å².